The molecule has 1 aromatic heterocycles. The lowest BCUT2D eigenvalue weighted by molar-refractivity contribution is 0.459. The minimum absolute atomic E-state index is 0.667. The van der Waals surface area contributed by atoms with E-state index in [9.17, 15) is 0 Å². The van der Waals surface area contributed by atoms with E-state index in [4.69, 9.17) is 0 Å². The number of hydrogen-bond acceptors (Lipinski definition) is 2. The smallest absolute Gasteiger partial charge is 0.0521 e. The fourth-order valence-corrected chi connectivity index (χ4v) is 1.93. The largest absolute Gasteiger partial charge is 0.314 e. The Kier molecular flexibility index (Phi) is 5.40. The third kappa shape index (κ3) is 4.47. The number of rotatable bonds is 7. The molecule has 0 amide bonds. The van der Waals surface area contributed by atoms with Gasteiger partial charge in [-0.2, -0.15) is 5.10 Å². The van der Waals surface area contributed by atoms with Gasteiger partial charge in [-0.05, 0) is 31.4 Å². The van der Waals surface area contributed by atoms with E-state index < -0.39 is 0 Å². The van der Waals surface area contributed by atoms with Gasteiger partial charge in [0.25, 0.3) is 0 Å². The Balaban J connectivity index is 2.32. The van der Waals surface area contributed by atoms with Gasteiger partial charge in [0.15, 0.2) is 0 Å². The van der Waals surface area contributed by atoms with Crippen LogP contribution >= 0.6 is 0 Å². The Morgan fingerprint density at radius 1 is 1.40 bits per heavy atom. The molecule has 0 saturated heterocycles. The van der Waals surface area contributed by atoms with Crippen molar-refractivity contribution in [3.05, 3.63) is 18.0 Å². The van der Waals surface area contributed by atoms with Gasteiger partial charge < -0.3 is 5.32 Å². The van der Waals surface area contributed by atoms with Crippen LogP contribution in [0.3, 0.4) is 0 Å². The highest BCUT2D eigenvalue weighted by atomic mass is 15.2. The summed E-state index contributed by atoms with van der Waals surface area (Å²) in [6.45, 7) is 5.48. The molecule has 1 N–H and O–H groups in total. The standard InChI is InChI=1S/C12H23N3/c1-4-6-12(13-5-2)8-7-11-9-14-15(3)10-11/h9-10,12-13H,4-8H2,1-3H3. The predicted octanol–water partition coefficient (Wildman–Crippen LogP) is 2.13. The van der Waals surface area contributed by atoms with Crippen LogP contribution in [0.25, 0.3) is 0 Å². The summed E-state index contributed by atoms with van der Waals surface area (Å²) >= 11 is 0. The Hall–Kier alpha value is -0.830. The second kappa shape index (κ2) is 6.62. The van der Waals surface area contributed by atoms with Crippen molar-refractivity contribution in [2.45, 2.75) is 45.6 Å². The molecule has 1 atom stereocenters. The molecule has 0 saturated carbocycles. The minimum Gasteiger partial charge on any atom is -0.314 e. The van der Waals surface area contributed by atoms with Crippen molar-refractivity contribution in [3.63, 3.8) is 0 Å². The maximum atomic E-state index is 4.18. The van der Waals surface area contributed by atoms with Gasteiger partial charge in [0.1, 0.15) is 0 Å². The highest BCUT2D eigenvalue weighted by Gasteiger charge is 2.06. The van der Waals surface area contributed by atoms with Crippen molar-refractivity contribution in [2.24, 2.45) is 7.05 Å². The van der Waals surface area contributed by atoms with Gasteiger partial charge in [-0.1, -0.05) is 20.3 Å². The van der Waals surface area contributed by atoms with Crippen LogP contribution in [0.5, 0.6) is 0 Å². The van der Waals surface area contributed by atoms with Crippen LogP contribution in [0.2, 0.25) is 0 Å². The maximum Gasteiger partial charge on any atom is 0.0521 e. The molecule has 3 nitrogen and oxygen atoms in total. The molecule has 0 aromatic carbocycles. The van der Waals surface area contributed by atoms with Crippen molar-refractivity contribution in [1.29, 1.82) is 0 Å². The summed E-state index contributed by atoms with van der Waals surface area (Å²) in [5.41, 5.74) is 1.34. The molecule has 0 aliphatic carbocycles. The molecule has 1 aromatic rings. The van der Waals surface area contributed by atoms with Crippen LogP contribution < -0.4 is 5.32 Å². The summed E-state index contributed by atoms with van der Waals surface area (Å²) in [6, 6.07) is 0.667. The van der Waals surface area contributed by atoms with E-state index in [0.717, 1.165) is 13.0 Å². The molecular weight excluding hydrogens is 186 g/mol. The fraction of sp³-hybridized carbons (Fsp3) is 0.750. The molecule has 86 valence electrons. The van der Waals surface area contributed by atoms with Gasteiger partial charge in [0, 0.05) is 19.3 Å². The van der Waals surface area contributed by atoms with E-state index in [1.165, 1.54) is 24.8 Å². The molecule has 0 bridgehead atoms. The lowest BCUT2D eigenvalue weighted by atomic mass is 10.0. The van der Waals surface area contributed by atoms with Gasteiger partial charge in [-0.15, -0.1) is 0 Å². The highest BCUT2D eigenvalue weighted by Crippen LogP contribution is 2.07. The van der Waals surface area contributed by atoms with Gasteiger partial charge >= 0.3 is 0 Å². The molecule has 0 aliphatic rings. The maximum absolute atomic E-state index is 4.18. The Morgan fingerprint density at radius 2 is 2.20 bits per heavy atom. The second-order valence-electron chi connectivity index (χ2n) is 4.10. The Bertz CT molecular complexity index is 262. The van der Waals surface area contributed by atoms with E-state index in [0.29, 0.717) is 6.04 Å². The number of aromatic nitrogens is 2. The first-order chi connectivity index (χ1) is 7.26. The van der Waals surface area contributed by atoms with Gasteiger partial charge in [-0.25, -0.2) is 0 Å². The molecule has 0 radical (unpaired) electrons. The summed E-state index contributed by atoms with van der Waals surface area (Å²) in [4.78, 5) is 0. The lowest BCUT2D eigenvalue weighted by Gasteiger charge is -2.16. The predicted molar refractivity (Wildman–Crippen MR) is 63.9 cm³/mol. The van der Waals surface area contributed by atoms with Gasteiger partial charge in [-0.3, -0.25) is 4.68 Å². The summed E-state index contributed by atoms with van der Waals surface area (Å²) in [7, 11) is 1.97. The number of aryl methyl sites for hydroxylation is 2. The van der Waals surface area contributed by atoms with Crippen LogP contribution in [-0.4, -0.2) is 22.4 Å². The van der Waals surface area contributed by atoms with Gasteiger partial charge in [0.2, 0.25) is 0 Å². The van der Waals surface area contributed by atoms with Gasteiger partial charge in [0.05, 0.1) is 6.20 Å². The molecule has 0 fully saturated rings. The average molecular weight is 209 g/mol. The average Bonchev–Trinajstić information content (AvgIpc) is 2.61. The molecule has 0 aliphatic heterocycles. The normalized spacial score (nSPS) is 13.0. The third-order valence-electron chi connectivity index (χ3n) is 2.67. The summed E-state index contributed by atoms with van der Waals surface area (Å²) in [5.74, 6) is 0. The first kappa shape index (κ1) is 12.2. The summed E-state index contributed by atoms with van der Waals surface area (Å²) in [6.07, 6.45) is 8.95. The van der Waals surface area contributed by atoms with Crippen molar-refractivity contribution in [2.75, 3.05) is 6.54 Å². The van der Waals surface area contributed by atoms with Crippen molar-refractivity contribution in [1.82, 2.24) is 15.1 Å². The van der Waals surface area contributed by atoms with E-state index in [1.54, 1.807) is 0 Å². The number of hydrogen-bond donors (Lipinski definition) is 1. The zero-order chi connectivity index (χ0) is 11.1. The Morgan fingerprint density at radius 3 is 2.73 bits per heavy atom. The topological polar surface area (TPSA) is 29.9 Å². The van der Waals surface area contributed by atoms with Crippen molar-refractivity contribution < 1.29 is 0 Å². The second-order valence-corrected chi connectivity index (χ2v) is 4.10. The highest BCUT2D eigenvalue weighted by molar-refractivity contribution is 5.03. The van der Waals surface area contributed by atoms with Crippen molar-refractivity contribution in [3.8, 4) is 0 Å². The molecule has 1 heterocycles. The van der Waals surface area contributed by atoms with Crippen LogP contribution in [0.15, 0.2) is 12.4 Å². The third-order valence-corrected chi connectivity index (χ3v) is 2.67. The monoisotopic (exact) mass is 209 g/mol. The SMILES string of the molecule is CCCC(CCc1cnn(C)c1)NCC. The van der Waals surface area contributed by atoms with Crippen LogP contribution in [0.1, 0.15) is 38.7 Å². The molecule has 1 unspecified atom stereocenters. The zero-order valence-corrected chi connectivity index (χ0v) is 10.2. The summed E-state index contributed by atoms with van der Waals surface area (Å²) in [5, 5.41) is 7.72. The van der Waals surface area contributed by atoms with Crippen LogP contribution in [-0.2, 0) is 13.5 Å². The first-order valence-electron chi connectivity index (χ1n) is 5.97. The molecule has 3 heteroatoms. The summed E-state index contributed by atoms with van der Waals surface area (Å²) < 4.78 is 1.87. The molecular formula is C12H23N3. The van der Waals surface area contributed by atoms with E-state index in [-0.39, 0.29) is 0 Å². The molecule has 15 heavy (non-hydrogen) atoms. The zero-order valence-electron chi connectivity index (χ0n) is 10.2. The number of nitrogens with one attached hydrogen (secondary N) is 1. The van der Waals surface area contributed by atoms with E-state index >= 15 is 0 Å². The fourth-order valence-electron chi connectivity index (χ4n) is 1.93. The van der Waals surface area contributed by atoms with E-state index in [1.807, 2.05) is 17.9 Å². The lowest BCUT2D eigenvalue weighted by Crippen LogP contribution is -2.29. The quantitative estimate of drug-likeness (QED) is 0.745. The minimum atomic E-state index is 0.667. The van der Waals surface area contributed by atoms with E-state index in [2.05, 4.69) is 30.5 Å². The molecule has 1 rings (SSSR count). The Labute approximate surface area is 92.9 Å². The van der Waals surface area contributed by atoms with Crippen molar-refractivity contribution >= 4 is 0 Å². The van der Waals surface area contributed by atoms with Crippen LogP contribution in [0, 0.1) is 0 Å². The molecule has 0 spiro atoms. The number of nitrogens with zero attached hydrogens (tertiary/aromatic N) is 2. The first-order valence-corrected chi connectivity index (χ1v) is 5.97. The van der Waals surface area contributed by atoms with Crippen LogP contribution in [0.4, 0.5) is 0 Å².